The number of aliphatic hydroxyl groups is 3. The second kappa shape index (κ2) is 7.44. The molecule has 25 heavy (non-hydrogen) atoms. The highest BCUT2D eigenvalue weighted by Crippen LogP contribution is 2.31. The van der Waals surface area contributed by atoms with Crippen molar-refractivity contribution in [2.75, 3.05) is 25.0 Å². The van der Waals surface area contributed by atoms with Crippen LogP contribution in [0, 0.1) is 16.5 Å². The van der Waals surface area contributed by atoms with Crippen LogP contribution >= 0.6 is 12.2 Å². The molecule has 2 unspecified atom stereocenters. The van der Waals surface area contributed by atoms with Crippen molar-refractivity contribution in [1.29, 1.82) is 0 Å². The number of aromatic amines is 1. The van der Waals surface area contributed by atoms with Crippen molar-refractivity contribution in [3.63, 3.8) is 0 Å². The quantitative estimate of drug-likeness (QED) is 0.279. The zero-order valence-corrected chi connectivity index (χ0v) is 13.9. The van der Waals surface area contributed by atoms with Gasteiger partial charge in [0.2, 0.25) is 5.95 Å². The van der Waals surface area contributed by atoms with Gasteiger partial charge in [-0.05, 0) is 0 Å². The van der Waals surface area contributed by atoms with E-state index < -0.39 is 31.1 Å². The van der Waals surface area contributed by atoms with Crippen LogP contribution < -0.4 is 11.1 Å². The van der Waals surface area contributed by atoms with Crippen LogP contribution in [-0.4, -0.2) is 72.8 Å². The Morgan fingerprint density at radius 1 is 1.40 bits per heavy atom. The van der Waals surface area contributed by atoms with Gasteiger partial charge in [0.1, 0.15) is 29.5 Å². The van der Waals surface area contributed by atoms with E-state index >= 15 is 0 Å². The van der Waals surface area contributed by atoms with Gasteiger partial charge in [0.15, 0.2) is 10.9 Å². The molecule has 0 saturated carbocycles. The number of H-pyrrole nitrogens is 1. The van der Waals surface area contributed by atoms with Crippen molar-refractivity contribution in [2.45, 2.75) is 24.5 Å². The van der Waals surface area contributed by atoms with E-state index in [0.29, 0.717) is 23.7 Å². The van der Waals surface area contributed by atoms with E-state index in [1.165, 1.54) is 10.9 Å². The highest BCUT2D eigenvalue weighted by Gasteiger charge is 2.43. The van der Waals surface area contributed by atoms with Gasteiger partial charge in [-0.25, -0.2) is 9.97 Å². The predicted octanol–water partition coefficient (Wildman–Crippen LogP) is -1.53. The van der Waals surface area contributed by atoms with Gasteiger partial charge in [-0.2, -0.15) is 0 Å². The number of nitrogens with two attached hydrogens (primary N) is 1. The van der Waals surface area contributed by atoms with Crippen LogP contribution in [-0.2, 0) is 4.74 Å². The molecule has 0 aliphatic carbocycles. The third-order valence-corrected chi connectivity index (χ3v) is 4.09. The first-order chi connectivity index (χ1) is 12.1. The first kappa shape index (κ1) is 17.7. The molecule has 1 fully saturated rings. The van der Waals surface area contributed by atoms with E-state index in [1.54, 1.807) is 0 Å². The molecule has 3 heterocycles. The van der Waals surface area contributed by atoms with Crippen LogP contribution in [0.2, 0.25) is 0 Å². The Bertz CT molecular complexity index is 872. The minimum absolute atomic E-state index is 0.258. The normalized spacial score (nSPS) is 25.8. The Morgan fingerprint density at radius 3 is 2.88 bits per heavy atom. The van der Waals surface area contributed by atoms with Gasteiger partial charge in [-0.15, -0.1) is 0 Å². The number of rotatable bonds is 4. The van der Waals surface area contributed by atoms with Crippen molar-refractivity contribution in [3.8, 4) is 11.8 Å². The lowest BCUT2D eigenvalue weighted by Gasteiger charge is -2.17. The Balaban J connectivity index is 1.94. The number of nitrogens with zero attached hydrogens (tertiary/aromatic N) is 3. The monoisotopic (exact) mass is 366 g/mol. The lowest BCUT2D eigenvalue weighted by Crippen LogP contribution is -2.33. The first-order valence-electron chi connectivity index (χ1n) is 7.55. The topological polar surface area (TPSA) is 154 Å². The van der Waals surface area contributed by atoms with Gasteiger partial charge < -0.3 is 36.1 Å². The fraction of sp³-hybridized carbons (Fsp3) is 0.500. The maximum Gasteiger partial charge on any atom is 0.203 e. The van der Waals surface area contributed by atoms with Gasteiger partial charge in [0, 0.05) is 0 Å². The summed E-state index contributed by atoms with van der Waals surface area (Å²) in [5.41, 5.74) is 6.18. The van der Waals surface area contributed by atoms with E-state index in [-0.39, 0.29) is 11.2 Å². The summed E-state index contributed by atoms with van der Waals surface area (Å²) in [5.74, 6) is 5.90. The zero-order valence-electron chi connectivity index (χ0n) is 13.1. The SMILES string of the molecule is NCC#CCNc1nc(=S)c2ncn([C@@H]3O[C@H](CO)C(O)C3O)c2[nH]1. The van der Waals surface area contributed by atoms with Crippen molar-refractivity contribution in [1.82, 2.24) is 19.5 Å². The van der Waals surface area contributed by atoms with E-state index in [9.17, 15) is 15.3 Å². The van der Waals surface area contributed by atoms with Crippen LogP contribution in [0.25, 0.3) is 11.2 Å². The molecule has 11 heteroatoms. The predicted molar refractivity (Wildman–Crippen MR) is 91.0 cm³/mol. The van der Waals surface area contributed by atoms with Crippen molar-refractivity contribution >= 4 is 29.3 Å². The van der Waals surface area contributed by atoms with Gasteiger partial charge in [0.25, 0.3) is 0 Å². The summed E-state index contributed by atoms with van der Waals surface area (Å²) in [6.07, 6.45) is -2.81. The molecule has 2 aromatic rings. The van der Waals surface area contributed by atoms with Gasteiger partial charge in [-0.3, -0.25) is 4.57 Å². The average molecular weight is 366 g/mol. The molecule has 10 nitrogen and oxygen atoms in total. The molecule has 0 radical (unpaired) electrons. The third-order valence-electron chi connectivity index (χ3n) is 3.81. The summed E-state index contributed by atoms with van der Waals surface area (Å²) in [5, 5.41) is 32.3. The number of fused-ring (bicyclic) bond motifs is 1. The number of nitrogens with one attached hydrogen (secondary N) is 2. The molecule has 0 bridgehead atoms. The number of ether oxygens (including phenoxy) is 1. The molecule has 4 atom stereocenters. The lowest BCUT2D eigenvalue weighted by molar-refractivity contribution is -0.0511. The van der Waals surface area contributed by atoms with E-state index in [0.717, 1.165) is 0 Å². The largest absolute Gasteiger partial charge is 0.394 e. The highest BCUT2D eigenvalue weighted by molar-refractivity contribution is 7.71. The second-order valence-electron chi connectivity index (χ2n) is 5.38. The molecule has 1 aliphatic heterocycles. The summed E-state index contributed by atoms with van der Waals surface area (Å²) >= 11 is 5.23. The molecule has 2 aromatic heterocycles. The second-order valence-corrected chi connectivity index (χ2v) is 5.77. The van der Waals surface area contributed by atoms with Crippen molar-refractivity contribution < 1.29 is 20.1 Å². The number of anilines is 1. The summed E-state index contributed by atoms with van der Waals surface area (Å²) < 4.78 is 7.29. The van der Waals surface area contributed by atoms with Crippen LogP contribution in [0.4, 0.5) is 5.95 Å². The number of hydrogen-bond acceptors (Lipinski definition) is 9. The average Bonchev–Trinajstić information content (AvgIpc) is 3.14. The molecule has 0 aromatic carbocycles. The number of aliphatic hydroxyl groups excluding tert-OH is 3. The summed E-state index contributed by atoms with van der Waals surface area (Å²) in [7, 11) is 0. The van der Waals surface area contributed by atoms with Crippen molar-refractivity contribution in [2.24, 2.45) is 5.73 Å². The maximum atomic E-state index is 10.2. The summed E-state index contributed by atoms with van der Waals surface area (Å²) in [6.45, 7) is 0.177. The lowest BCUT2D eigenvalue weighted by atomic mass is 10.1. The van der Waals surface area contributed by atoms with Crippen LogP contribution in [0.5, 0.6) is 0 Å². The number of aromatic nitrogens is 4. The smallest absolute Gasteiger partial charge is 0.203 e. The van der Waals surface area contributed by atoms with E-state index in [1.807, 2.05) is 0 Å². The van der Waals surface area contributed by atoms with Crippen LogP contribution in [0.1, 0.15) is 6.23 Å². The van der Waals surface area contributed by atoms with E-state index in [2.05, 4.69) is 32.1 Å². The molecular formula is C14H18N6O4S. The Labute approximate surface area is 147 Å². The van der Waals surface area contributed by atoms with Gasteiger partial charge in [-0.1, -0.05) is 24.1 Å². The standard InChI is InChI=1S/C14H18N6O4S/c15-3-1-2-4-16-14-18-11-8(12(25)19-14)17-6-20(11)13-10(23)9(22)7(5-21)24-13/h6-7,9-10,13,21-23H,3-5,15H2,(H2,16,18,19,25)/t7-,9?,10?,13-/m1/s1. The van der Waals surface area contributed by atoms with Crippen LogP contribution in [0.3, 0.4) is 0 Å². The minimum Gasteiger partial charge on any atom is -0.394 e. The highest BCUT2D eigenvalue weighted by atomic mass is 32.1. The molecular weight excluding hydrogens is 348 g/mol. The Morgan fingerprint density at radius 2 is 2.20 bits per heavy atom. The van der Waals surface area contributed by atoms with Gasteiger partial charge >= 0.3 is 0 Å². The van der Waals surface area contributed by atoms with Crippen LogP contribution in [0.15, 0.2) is 6.33 Å². The number of hydrogen-bond donors (Lipinski definition) is 6. The first-order valence-corrected chi connectivity index (χ1v) is 7.96. The van der Waals surface area contributed by atoms with E-state index in [4.69, 9.17) is 22.7 Å². The van der Waals surface area contributed by atoms with Gasteiger partial charge in [0.05, 0.1) is 26.0 Å². The minimum atomic E-state index is -1.23. The Hall–Kier alpha value is -2.07. The van der Waals surface area contributed by atoms with Crippen molar-refractivity contribution in [3.05, 3.63) is 11.0 Å². The molecule has 0 amide bonds. The fourth-order valence-corrected chi connectivity index (χ4v) is 2.83. The molecule has 0 spiro atoms. The molecule has 7 N–H and O–H groups in total. The maximum absolute atomic E-state index is 10.2. The summed E-state index contributed by atoms with van der Waals surface area (Å²) in [4.78, 5) is 11.4. The number of imidazole rings is 1. The molecule has 134 valence electrons. The summed E-state index contributed by atoms with van der Waals surface area (Å²) in [6, 6.07) is 0. The molecule has 3 rings (SSSR count). The Kier molecular flexibility index (Phi) is 5.28. The fourth-order valence-electron chi connectivity index (χ4n) is 2.59. The third kappa shape index (κ3) is 3.36. The molecule has 1 aliphatic rings. The molecule has 1 saturated heterocycles. The zero-order chi connectivity index (χ0) is 18.0.